The number of carbonyl (C=O) groups is 2. The molecule has 1 heterocycles. The van der Waals surface area contributed by atoms with Crippen LogP contribution in [0, 0.1) is 0 Å². The second-order valence-electron chi connectivity index (χ2n) is 3.16. The molecule has 0 bridgehead atoms. The molecule has 0 saturated carbocycles. The summed E-state index contributed by atoms with van der Waals surface area (Å²) in [5.74, 6) is -1.16. The molecule has 1 aliphatic heterocycles. The number of benzene rings is 1. The standard InChI is InChI=1S/C8H8.C4H2O3.C4H6/c1-2-8-6-4-3-5-7-8;5-3-1-2-4(6)7-3;1-3-4-2/h2-7H,1H2;1-2H;3-4H,1-2H2. The number of carbonyl (C=O) groups excluding carboxylic acids is 2. The first kappa shape index (κ1) is 16.3. The molecule has 98 valence electrons. The van der Waals surface area contributed by atoms with E-state index < -0.39 is 11.9 Å². The summed E-state index contributed by atoms with van der Waals surface area (Å²) in [5.41, 5.74) is 1.17. The van der Waals surface area contributed by atoms with Gasteiger partial charge in [0.25, 0.3) is 0 Å². The average Bonchev–Trinajstić information content (AvgIpc) is 2.84. The van der Waals surface area contributed by atoms with Crippen LogP contribution in [-0.4, -0.2) is 11.9 Å². The van der Waals surface area contributed by atoms with Gasteiger partial charge >= 0.3 is 11.9 Å². The van der Waals surface area contributed by atoms with Crippen LogP contribution in [0.3, 0.4) is 0 Å². The van der Waals surface area contributed by atoms with Crippen LogP contribution in [0.4, 0.5) is 0 Å². The Balaban J connectivity index is 0.000000272. The van der Waals surface area contributed by atoms with Crippen molar-refractivity contribution in [2.24, 2.45) is 0 Å². The molecule has 3 heteroatoms. The molecule has 3 nitrogen and oxygen atoms in total. The third-order valence-electron chi connectivity index (χ3n) is 1.76. The SMILES string of the molecule is C=CC=C.C=Cc1ccccc1.O=C1C=CC(=O)O1. The molecule has 0 aliphatic carbocycles. The zero-order valence-corrected chi connectivity index (χ0v) is 10.6. The Morgan fingerprint density at radius 3 is 1.53 bits per heavy atom. The van der Waals surface area contributed by atoms with Crippen LogP contribution in [0.1, 0.15) is 5.56 Å². The Morgan fingerprint density at radius 1 is 0.842 bits per heavy atom. The first-order valence-corrected chi connectivity index (χ1v) is 5.48. The quantitative estimate of drug-likeness (QED) is 0.463. The lowest BCUT2D eigenvalue weighted by molar-refractivity contribution is -0.150. The van der Waals surface area contributed by atoms with E-state index in [4.69, 9.17) is 0 Å². The van der Waals surface area contributed by atoms with Crippen molar-refractivity contribution >= 4 is 18.0 Å². The van der Waals surface area contributed by atoms with Crippen LogP contribution in [0.25, 0.3) is 6.08 Å². The van der Waals surface area contributed by atoms with Crippen LogP contribution < -0.4 is 0 Å². The molecule has 1 aliphatic rings. The molecule has 1 aromatic rings. The number of allylic oxidation sites excluding steroid dienone is 2. The van der Waals surface area contributed by atoms with Crippen molar-refractivity contribution in [3.05, 3.63) is 79.9 Å². The van der Waals surface area contributed by atoms with E-state index in [9.17, 15) is 9.59 Å². The van der Waals surface area contributed by atoms with E-state index >= 15 is 0 Å². The molecule has 0 N–H and O–H groups in total. The number of cyclic esters (lactones) is 2. The summed E-state index contributed by atoms with van der Waals surface area (Å²) in [6.45, 7) is 10.4. The molecule has 0 amide bonds. The summed E-state index contributed by atoms with van der Waals surface area (Å²) in [6, 6.07) is 10.0. The van der Waals surface area contributed by atoms with Crippen molar-refractivity contribution in [2.45, 2.75) is 0 Å². The lowest BCUT2D eigenvalue weighted by Gasteiger charge is -1.85. The lowest BCUT2D eigenvalue weighted by Crippen LogP contribution is -1.96. The number of hydrogen-bond donors (Lipinski definition) is 0. The van der Waals surface area contributed by atoms with E-state index in [2.05, 4.69) is 24.5 Å². The second kappa shape index (κ2) is 10.5. The number of hydrogen-bond acceptors (Lipinski definition) is 3. The number of esters is 2. The highest BCUT2D eigenvalue weighted by Crippen LogP contribution is 1.97. The Morgan fingerprint density at radius 2 is 1.32 bits per heavy atom. The zero-order chi connectivity index (χ0) is 14.5. The third kappa shape index (κ3) is 9.06. The summed E-state index contributed by atoms with van der Waals surface area (Å²) in [5, 5.41) is 0. The van der Waals surface area contributed by atoms with E-state index in [0.717, 1.165) is 12.2 Å². The summed E-state index contributed by atoms with van der Waals surface area (Å²) < 4.78 is 3.97. The van der Waals surface area contributed by atoms with Crippen LogP contribution in [0.15, 0.2) is 74.4 Å². The number of rotatable bonds is 2. The molecule has 0 aromatic heterocycles. The van der Waals surface area contributed by atoms with Crippen molar-refractivity contribution < 1.29 is 14.3 Å². The van der Waals surface area contributed by atoms with Gasteiger partial charge in [-0.25, -0.2) is 9.59 Å². The molecule has 0 fully saturated rings. The van der Waals surface area contributed by atoms with Gasteiger partial charge in [-0.1, -0.05) is 68.3 Å². The van der Waals surface area contributed by atoms with Crippen molar-refractivity contribution in [1.82, 2.24) is 0 Å². The molecule has 0 unspecified atom stereocenters. The van der Waals surface area contributed by atoms with E-state index in [1.165, 1.54) is 5.56 Å². The maximum atomic E-state index is 9.92. The van der Waals surface area contributed by atoms with Crippen molar-refractivity contribution in [3.63, 3.8) is 0 Å². The fourth-order valence-corrected chi connectivity index (χ4v) is 0.892. The summed E-state index contributed by atoms with van der Waals surface area (Å²) in [6.07, 6.45) is 7.28. The van der Waals surface area contributed by atoms with Gasteiger partial charge in [0.15, 0.2) is 0 Å². The van der Waals surface area contributed by atoms with Gasteiger partial charge < -0.3 is 4.74 Å². The van der Waals surface area contributed by atoms with Gasteiger partial charge in [0.1, 0.15) is 0 Å². The topological polar surface area (TPSA) is 43.4 Å². The minimum atomic E-state index is -0.579. The molecule has 0 spiro atoms. The van der Waals surface area contributed by atoms with Crippen LogP contribution in [0.2, 0.25) is 0 Å². The van der Waals surface area contributed by atoms with Gasteiger partial charge in [-0.2, -0.15) is 0 Å². The summed E-state index contributed by atoms with van der Waals surface area (Å²) in [7, 11) is 0. The molecule has 0 atom stereocenters. The first-order chi connectivity index (χ1) is 9.13. The zero-order valence-electron chi connectivity index (χ0n) is 10.6. The Labute approximate surface area is 113 Å². The maximum Gasteiger partial charge on any atom is 0.338 e. The van der Waals surface area contributed by atoms with Crippen LogP contribution in [0.5, 0.6) is 0 Å². The molecular formula is C16H16O3. The van der Waals surface area contributed by atoms with Gasteiger partial charge in [-0.3, -0.25) is 0 Å². The molecule has 1 aromatic carbocycles. The summed E-state index contributed by atoms with van der Waals surface area (Å²) >= 11 is 0. The van der Waals surface area contributed by atoms with Gasteiger partial charge in [-0.05, 0) is 5.56 Å². The first-order valence-electron chi connectivity index (χ1n) is 5.48. The molecule has 0 radical (unpaired) electrons. The maximum absolute atomic E-state index is 9.92. The molecule has 19 heavy (non-hydrogen) atoms. The lowest BCUT2D eigenvalue weighted by atomic mass is 10.2. The molecule has 2 rings (SSSR count). The van der Waals surface area contributed by atoms with Gasteiger partial charge in [0.2, 0.25) is 0 Å². The van der Waals surface area contributed by atoms with Crippen molar-refractivity contribution in [3.8, 4) is 0 Å². The minimum Gasteiger partial charge on any atom is -0.387 e. The Bertz CT molecular complexity index is 448. The fourth-order valence-electron chi connectivity index (χ4n) is 0.892. The highest BCUT2D eigenvalue weighted by Gasteiger charge is 2.10. The highest BCUT2D eigenvalue weighted by molar-refractivity contribution is 6.04. The number of ether oxygens (including phenoxy) is 1. The van der Waals surface area contributed by atoms with Gasteiger partial charge in [-0.15, -0.1) is 0 Å². The largest absolute Gasteiger partial charge is 0.387 e. The Hall–Kier alpha value is -2.68. The summed E-state index contributed by atoms with van der Waals surface area (Å²) in [4.78, 5) is 19.8. The van der Waals surface area contributed by atoms with Crippen molar-refractivity contribution in [1.29, 1.82) is 0 Å². The predicted molar refractivity (Wildman–Crippen MR) is 77.2 cm³/mol. The fraction of sp³-hybridized carbons (Fsp3) is 0. The normalized spacial score (nSPS) is 11.2. The minimum absolute atomic E-state index is 0.579. The molecular weight excluding hydrogens is 240 g/mol. The predicted octanol–water partition coefficient (Wildman–Crippen LogP) is 3.31. The smallest absolute Gasteiger partial charge is 0.338 e. The third-order valence-corrected chi connectivity index (χ3v) is 1.76. The van der Waals surface area contributed by atoms with Gasteiger partial charge in [0, 0.05) is 12.2 Å². The van der Waals surface area contributed by atoms with Crippen LogP contribution >= 0.6 is 0 Å². The van der Waals surface area contributed by atoms with E-state index in [0.29, 0.717) is 0 Å². The van der Waals surface area contributed by atoms with Gasteiger partial charge in [0.05, 0.1) is 0 Å². The van der Waals surface area contributed by atoms with Crippen molar-refractivity contribution in [2.75, 3.05) is 0 Å². The van der Waals surface area contributed by atoms with E-state index in [-0.39, 0.29) is 0 Å². The monoisotopic (exact) mass is 256 g/mol. The van der Waals surface area contributed by atoms with Crippen LogP contribution in [-0.2, 0) is 14.3 Å². The average molecular weight is 256 g/mol. The second-order valence-corrected chi connectivity index (χ2v) is 3.16. The Kier molecular flexibility index (Phi) is 9.00. The van der Waals surface area contributed by atoms with E-state index in [1.807, 2.05) is 36.4 Å². The molecule has 0 saturated heterocycles. The van der Waals surface area contributed by atoms with E-state index in [1.54, 1.807) is 12.2 Å². The highest BCUT2D eigenvalue weighted by atomic mass is 16.6.